The molecule has 2 N–H and O–H groups in total. The Hall–Kier alpha value is -2.90. The molecule has 2 rings (SSSR count). The summed E-state index contributed by atoms with van der Waals surface area (Å²) in [6, 6.07) is 8.36. The predicted molar refractivity (Wildman–Crippen MR) is 77.9 cm³/mol. The lowest BCUT2D eigenvalue weighted by molar-refractivity contribution is 0.146. The smallest absolute Gasteiger partial charge is 0.266 e. The number of halogens is 3. The zero-order valence-corrected chi connectivity index (χ0v) is 11.8. The van der Waals surface area contributed by atoms with Crippen LogP contribution in [-0.4, -0.2) is 11.6 Å². The van der Waals surface area contributed by atoms with E-state index in [4.69, 9.17) is 10.3 Å². The lowest BCUT2D eigenvalue weighted by Gasteiger charge is -2.07. The number of ether oxygens (including phenoxy) is 1. The van der Waals surface area contributed by atoms with Crippen molar-refractivity contribution in [2.24, 2.45) is 5.11 Å². The van der Waals surface area contributed by atoms with E-state index in [1.54, 1.807) is 24.4 Å². The molecular formula is C15H13F3N4O. The van der Waals surface area contributed by atoms with Crippen LogP contribution in [0.4, 0.5) is 18.9 Å². The van der Waals surface area contributed by atoms with E-state index in [1.165, 1.54) is 12.3 Å². The SMILES string of the molecule is N=N/C(=C\Nc1ccc(F)c(C(F)F)c1)COc1ccccn1. The minimum absolute atomic E-state index is 0.0313. The molecule has 0 bridgehead atoms. The number of alkyl halides is 2. The zero-order valence-electron chi connectivity index (χ0n) is 11.8. The molecule has 120 valence electrons. The number of hydrogen-bond donors (Lipinski definition) is 2. The van der Waals surface area contributed by atoms with E-state index in [-0.39, 0.29) is 18.0 Å². The lowest BCUT2D eigenvalue weighted by atomic mass is 10.2. The van der Waals surface area contributed by atoms with Crippen molar-refractivity contribution >= 4 is 5.69 Å². The van der Waals surface area contributed by atoms with Gasteiger partial charge in [-0.2, -0.15) is 5.11 Å². The van der Waals surface area contributed by atoms with Gasteiger partial charge in [-0.3, -0.25) is 0 Å². The molecule has 0 aliphatic heterocycles. The van der Waals surface area contributed by atoms with Crippen LogP contribution < -0.4 is 10.1 Å². The predicted octanol–water partition coefficient (Wildman–Crippen LogP) is 4.52. The Morgan fingerprint density at radius 1 is 1.35 bits per heavy atom. The molecule has 0 aliphatic rings. The highest BCUT2D eigenvalue weighted by atomic mass is 19.3. The minimum Gasteiger partial charge on any atom is -0.471 e. The molecule has 0 fully saturated rings. The third-order valence-corrected chi connectivity index (χ3v) is 2.79. The number of rotatable bonds is 7. The first-order valence-electron chi connectivity index (χ1n) is 6.54. The summed E-state index contributed by atoms with van der Waals surface area (Å²) in [6.07, 6.45) is -0.0361. The van der Waals surface area contributed by atoms with Gasteiger partial charge in [-0.25, -0.2) is 23.7 Å². The average Bonchev–Trinajstić information content (AvgIpc) is 2.57. The number of aromatic nitrogens is 1. The first-order chi connectivity index (χ1) is 11.1. The summed E-state index contributed by atoms with van der Waals surface area (Å²) in [5.74, 6) is -0.609. The van der Waals surface area contributed by atoms with Crippen molar-refractivity contribution in [2.75, 3.05) is 11.9 Å². The molecule has 0 saturated carbocycles. The second kappa shape index (κ2) is 7.92. The van der Waals surface area contributed by atoms with Crippen molar-refractivity contribution < 1.29 is 17.9 Å². The maximum atomic E-state index is 13.2. The fourth-order valence-electron chi connectivity index (χ4n) is 1.65. The second-order valence-corrected chi connectivity index (χ2v) is 4.39. The van der Waals surface area contributed by atoms with E-state index in [0.717, 1.165) is 12.1 Å². The average molecular weight is 322 g/mol. The number of hydrogen-bond acceptors (Lipinski definition) is 5. The van der Waals surface area contributed by atoms with Crippen molar-refractivity contribution in [1.29, 1.82) is 5.53 Å². The quantitative estimate of drug-likeness (QED) is 0.736. The molecule has 1 aromatic carbocycles. The monoisotopic (exact) mass is 322 g/mol. The van der Waals surface area contributed by atoms with Gasteiger partial charge < -0.3 is 10.1 Å². The van der Waals surface area contributed by atoms with Gasteiger partial charge in [0.15, 0.2) is 0 Å². The molecule has 23 heavy (non-hydrogen) atoms. The van der Waals surface area contributed by atoms with E-state index in [9.17, 15) is 13.2 Å². The Morgan fingerprint density at radius 3 is 2.83 bits per heavy atom. The van der Waals surface area contributed by atoms with E-state index in [1.807, 2.05) is 0 Å². The van der Waals surface area contributed by atoms with Crippen molar-refractivity contribution in [2.45, 2.75) is 6.43 Å². The van der Waals surface area contributed by atoms with Gasteiger partial charge in [0.2, 0.25) is 5.88 Å². The first-order valence-corrected chi connectivity index (χ1v) is 6.54. The Bertz CT molecular complexity index is 692. The summed E-state index contributed by atoms with van der Waals surface area (Å²) in [7, 11) is 0. The van der Waals surface area contributed by atoms with Crippen molar-refractivity contribution in [3.63, 3.8) is 0 Å². The first kappa shape index (κ1) is 16.5. The van der Waals surface area contributed by atoms with Crippen LogP contribution in [0.2, 0.25) is 0 Å². The molecule has 0 amide bonds. The molecule has 5 nitrogen and oxygen atoms in total. The van der Waals surface area contributed by atoms with Gasteiger partial charge in [0.1, 0.15) is 18.1 Å². The second-order valence-electron chi connectivity index (χ2n) is 4.39. The summed E-state index contributed by atoms with van der Waals surface area (Å²) >= 11 is 0. The summed E-state index contributed by atoms with van der Waals surface area (Å²) in [6.45, 7) is -0.0313. The highest BCUT2D eigenvalue weighted by Gasteiger charge is 2.13. The van der Waals surface area contributed by atoms with Gasteiger partial charge in [-0.05, 0) is 24.3 Å². The molecule has 2 aromatic rings. The molecule has 0 radical (unpaired) electrons. The van der Waals surface area contributed by atoms with E-state index >= 15 is 0 Å². The molecule has 1 heterocycles. The Morgan fingerprint density at radius 2 is 2.17 bits per heavy atom. The number of anilines is 1. The Kier molecular flexibility index (Phi) is 5.67. The largest absolute Gasteiger partial charge is 0.471 e. The van der Waals surface area contributed by atoms with E-state index in [0.29, 0.717) is 5.88 Å². The van der Waals surface area contributed by atoms with Crippen LogP contribution >= 0.6 is 0 Å². The summed E-state index contributed by atoms with van der Waals surface area (Å²) in [5.41, 5.74) is 6.83. The van der Waals surface area contributed by atoms with E-state index in [2.05, 4.69) is 15.4 Å². The maximum absolute atomic E-state index is 13.2. The molecule has 0 unspecified atom stereocenters. The van der Waals surface area contributed by atoms with Crippen molar-refractivity contribution in [3.05, 3.63) is 65.9 Å². The molecule has 1 aromatic heterocycles. The van der Waals surface area contributed by atoms with Gasteiger partial charge in [-0.1, -0.05) is 6.07 Å². The number of pyridine rings is 1. The molecule has 0 saturated heterocycles. The van der Waals surface area contributed by atoms with Crippen LogP contribution in [0, 0.1) is 11.3 Å². The normalized spacial score (nSPS) is 11.4. The fourth-order valence-corrected chi connectivity index (χ4v) is 1.65. The van der Waals surface area contributed by atoms with Crippen molar-refractivity contribution in [3.8, 4) is 5.88 Å². The molecule has 0 aliphatic carbocycles. The Balaban J connectivity index is 2.02. The molecule has 8 heteroatoms. The van der Waals surface area contributed by atoms with Crippen LogP contribution in [0.25, 0.3) is 0 Å². The zero-order chi connectivity index (χ0) is 16.7. The van der Waals surface area contributed by atoms with E-state index < -0.39 is 17.8 Å². The third-order valence-electron chi connectivity index (χ3n) is 2.79. The minimum atomic E-state index is -2.91. The van der Waals surface area contributed by atoms with Gasteiger partial charge >= 0.3 is 0 Å². The van der Waals surface area contributed by atoms with Crippen LogP contribution in [-0.2, 0) is 0 Å². The van der Waals surface area contributed by atoms with Gasteiger partial charge in [0, 0.05) is 24.2 Å². The standard InChI is InChI=1S/C15H13F3N4O/c16-13-5-4-10(7-12(13)15(17)18)21-8-11(22-19)9-23-14-3-1-2-6-20-14/h1-8,15,19,21H,9H2/b11-8-,22-19?. The van der Waals surface area contributed by atoms with Gasteiger partial charge in [0.05, 0.1) is 5.56 Å². The summed E-state index contributed by atoms with van der Waals surface area (Å²) in [5, 5.41) is 5.95. The van der Waals surface area contributed by atoms with Crippen molar-refractivity contribution in [1.82, 2.24) is 4.98 Å². The van der Waals surface area contributed by atoms with Crippen LogP contribution in [0.5, 0.6) is 5.88 Å². The van der Waals surface area contributed by atoms with Gasteiger partial charge in [0.25, 0.3) is 6.43 Å². The third kappa shape index (κ3) is 4.80. The Labute approximate surface area is 130 Å². The summed E-state index contributed by atoms with van der Waals surface area (Å²) < 4.78 is 43.8. The fraction of sp³-hybridized carbons (Fsp3) is 0.133. The topological polar surface area (TPSA) is 70.4 Å². The number of nitrogens with zero attached hydrogens (tertiary/aromatic N) is 2. The number of nitrogens with one attached hydrogen (secondary N) is 2. The summed E-state index contributed by atoms with van der Waals surface area (Å²) in [4.78, 5) is 3.95. The van der Waals surface area contributed by atoms with Gasteiger partial charge in [-0.15, -0.1) is 0 Å². The van der Waals surface area contributed by atoms with Crippen LogP contribution in [0.1, 0.15) is 12.0 Å². The molecule has 0 atom stereocenters. The molecular weight excluding hydrogens is 309 g/mol. The highest BCUT2D eigenvalue weighted by molar-refractivity contribution is 5.49. The molecule has 0 spiro atoms. The lowest BCUT2D eigenvalue weighted by Crippen LogP contribution is -2.03. The van der Waals surface area contributed by atoms with Crippen LogP contribution in [0.3, 0.4) is 0 Å². The van der Waals surface area contributed by atoms with Crippen LogP contribution in [0.15, 0.2) is 59.6 Å². The maximum Gasteiger partial charge on any atom is 0.266 e. The highest BCUT2D eigenvalue weighted by Crippen LogP contribution is 2.25. The number of benzene rings is 1.